The molecule has 1 saturated carbocycles. The first-order chi connectivity index (χ1) is 10.2. The van der Waals surface area contributed by atoms with Crippen LogP contribution in [0.15, 0.2) is 30.3 Å². The number of aromatic nitrogens is 1. The van der Waals surface area contributed by atoms with E-state index in [-0.39, 0.29) is 5.91 Å². The number of carbonyl (C=O) groups excluding carboxylic acids is 1. The van der Waals surface area contributed by atoms with Crippen LogP contribution in [-0.4, -0.2) is 10.9 Å². The van der Waals surface area contributed by atoms with Crippen molar-refractivity contribution in [3.63, 3.8) is 0 Å². The molecule has 1 aliphatic carbocycles. The molecule has 3 nitrogen and oxygen atoms in total. The Balaban J connectivity index is 1.67. The van der Waals surface area contributed by atoms with Gasteiger partial charge in [-0.05, 0) is 43.5 Å². The first-order valence-electron chi connectivity index (χ1n) is 7.88. The number of rotatable bonds is 4. The molecule has 1 fully saturated rings. The third-order valence-electron chi connectivity index (χ3n) is 4.40. The van der Waals surface area contributed by atoms with Gasteiger partial charge in [-0.15, -0.1) is 0 Å². The van der Waals surface area contributed by atoms with E-state index in [9.17, 15) is 4.79 Å². The second-order valence-electron chi connectivity index (χ2n) is 6.06. The van der Waals surface area contributed by atoms with E-state index in [1.165, 1.54) is 25.7 Å². The average molecular weight is 282 g/mol. The Labute approximate surface area is 125 Å². The van der Waals surface area contributed by atoms with Crippen LogP contribution < -0.4 is 5.32 Å². The van der Waals surface area contributed by atoms with E-state index in [0.717, 1.165) is 34.6 Å². The molecule has 3 heteroatoms. The van der Waals surface area contributed by atoms with Crippen LogP contribution in [0, 0.1) is 12.8 Å². The number of pyridine rings is 1. The fraction of sp³-hybridized carbons (Fsp3) is 0.444. The van der Waals surface area contributed by atoms with Crippen LogP contribution in [0.2, 0.25) is 0 Å². The van der Waals surface area contributed by atoms with Crippen LogP contribution in [0.25, 0.3) is 10.9 Å². The first-order valence-corrected chi connectivity index (χ1v) is 7.88. The van der Waals surface area contributed by atoms with E-state index >= 15 is 0 Å². The predicted molar refractivity (Wildman–Crippen MR) is 86.3 cm³/mol. The Kier molecular flexibility index (Phi) is 4.18. The van der Waals surface area contributed by atoms with E-state index in [2.05, 4.69) is 10.3 Å². The first kappa shape index (κ1) is 14.1. The Morgan fingerprint density at radius 1 is 1.24 bits per heavy atom. The number of anilines is 1. The quantitative estimate of drug-likeness (QED) is 0.900. The highest BCUT2D eigenvalue weighted by molar-refractivity contribution is 6.00. The van der Waals surface area contributed by atoms with E-state index in [0.29, 0.717) is 6.42 Å². The van der Waals surface area contributed by atoms with Crippen LogP contribution in [-0.2, 0) is 4.79 Å². The van der Waals surface area contributed by atoms with Gasteiger partial charge >= 0.3 is 0 Å². The molecule has 0 atom stereocenters. The summed E-state index contributed by atoms with van der Waals surface area (Å²) in [5.41, 5.74) is 2.80. The maximum absolute atomic E-state index is 12.1. The van der Waals surface area contributed by atoms with Gasteiger partial charge in [-0.1, -0.05) is 31.7 Å². The molecule has 110 valence electrons. The number of aryl methyl sites for hydroxylation is 1. The van der Waals surface area contributed by atoms with E-state index in [4.69, 9.17) is 0 Å². The third-order valence-corrected chi connectivity index (χ3v) is 4.40. The Morgan fingerprint density at radius 3 is 2.86 bits per heavy atom. The van der Waals surface area contributed by atoms with Crippen molar-refractivity contribution in [2.75, 3.05) is 5.32 Å². The zero-order valence-corrected chi connectivity index (χ0v) is 12.6. The Hall–Kier alpha value is -1.90. The minimum atomic E-state index is 0.120. The zero-order chi connectivity index (χ0) is 14.7. The number of nitrogens with one attached hydrogen (secondary N) is 1. The van der Waals surface area contributed by atoms with Gasteiger partial charge < -0.3 is 5.32 Å². The van der Waals surface area contributed by atoms with Crippen LogP contribution >= 0.6 is 0 Å². The van der Waals surface area contributed by atoms with E-state index in [1.807, 2.05) is 37.3 Å². The monoisotopic (exact) mass is 282 g/mol. The standard InChI is InChI=1S/C18H22N2O/c1-13-9-11-15-16(19-13)7-4-8-17(15)20-18(21)12-10-14-5-2-3-6-14/h4,7-9,11,14H,2-3,5-6,10,12H2,1H3,(H,20,21). The molecule has 1 aliphatic rings. The Bertz CT molecular complexity index is 645. The molecular formula is C18H22N2O. The average Bonchev–Trinajstić information content (AvgIpc) is 2.98. The molecule has 1 heterocycles. The summed E-state index contributed by atoms with van der Waals surface area (Å²) < 4.78 is 0. The normalized spacial score (nSPS) is 15.5. The SMILES string of the molecule is Cc1ccc2c(NC(=O)CCC3CCCC3)cccc2n1. The maximum Gasteiger partial charge on any atom is 0.224 e. The lowest BCUT2D eigenvalue weighted by Gasteiger charge is -2.11. The van der Waals surface area contributed by atoms with E-state index in [1.54, 1.807) is 0 Å². The molecular weight excluding hydrogens is 260 g/mol. The van der Waals surface area contributed by atoms with Gasteiger partial charge in [0.05, 0.1) is 11.2 Å². The van der Waals surface area contributed by atoms with Crippen molar-refractivity contribution in [1.29, 1.82) is 0 Å². The second-order valence-corrected chi connectivity index (χ2v) is 6.06. The van der Waals surface area contributed by atoms with Gasteiger partial charge in [0.1, 0.15) is 0 Å². The number of hydrogen-bond acceptors (Lipinski definition) is 2. The molecule has 0 aliphatic heterocycles. The van der Waals surface area contributed by atoms with Gasteiger partial charge in [0.25, 0.3) is 0 Å². The number of carbonyl (C=O) groups is 1. The van der Waals surface area contributed by atoms with Crippen molar-refractivity contribution in [2.24, 2.45) is 5.92 Å². The molecule has 0 saturated heterocycles. The van der Waals surface area contributed by atoms with Gasteiger partial charge in [-0.3, -0.25) is 9.78 Å². The lowest BCUT2D eigenvalue weighted by atomic mass is 10.0. The molecule has 1 amide bonds. The molecule has 2 aromatic rings. The summed E-state index contributed by atoms with van der Waals surface area (Å²) in [5, 5.41) is 4.06. The molecule has 3 rings (SSSR count). The fourth-order valence-corrected chi connectivity index (χ4v) is 3.21. The smallest absolute Gasteiger partial charge is 0.224 e. The molecule has 1 aromatic carbocycles. The molecule has 0 spiro atoms. The maximum atomic E-state index is 12.1. The minimum absolute atomic E-state index is 0.120. The number of hydrogen-bond donors (Lipinski definition) is 1. The van der Waals surface area contributed by atoms with Crippen LogP contribution in [0.5, 0.6) is 0 Å². The minimum Gasteiger partial charge on any atom is -0.325 e. The topological polar surface area (TPSA) is 42.0 Å². The molecule has 0 radical (unpaired) electrons. The summed E-state index contributed by atoms with van der Waals surface area (Å²) in [6.45, 7) is 1.98. The van der Waals surface area contributed by atoms with Gasteiger partial charge in [0.15, 0.2) is 0 Å². The van der Waals surface area contributed by atoms with Crippen molar-refractivity contribution in [2.45, 2.75) is 45.4 Å². The lowest BCUT2D eigenvalue weighted by Crippen LogP contribution is -2.13. The summed E-state index contributed by atoms with van der Waals surface area (Å²) in [5.74, 6) is 0.877. The summed E-state index contributed by atoms with van der Waals surface area (Å²) in [7, 11) is 0. The summed E-state index contributed by atoms with van der Waals surface area (Å²) >= 11 is 0. The van der Waals surface area contributed by atoms with Crippen molar-refractivity contribution in [1.82, 2.24) is 4.98 Å². The molecule has 1 aromatic heterocycles. The molecule has 21 heavy (non-hydrogen) atoms. The summed E-state index contributed by atoms with van der Waals surface area (Å²) in [4.78, 5) is 16.6. The predicted octanol–water partition coefficient (Wildman–Crippen LogP) is 4.45. The number of amides is 1. The van der Waals surface area contributed by atoms with Crippen molar-refractivity contribution >= 4 is 22.5 Å². The van der Waals surface area contributed by atoms with Crippen molar-refractivity contribution in [3.8, 4) is 0 Å². The number of nitrogens with zero attached hydrogens (tertiary/aromatic N) is 1. The highest BCUT2D eigenvalue weighted by atomic mass is 16.1. The second kappa shape index (κ2) is 6.25. The highest BCUT2D eigenvalue weighted by Crippen LogP contribution is 2.29. The summed E-state index contributed by atoms with van der Waals surface area (Å²) in [6, 6.07) is 9.89. The van der Waals surface area contributed by atoms with Crippen molar-refractivity contribution in [3.05, 3.63) is 36.0 Å². The largest absolute Gasteiger partial charge is 0.325 e. The van der Waals surface area contributed by atoms with Gasteiger partial charge in [-0.25, -0.2) is 0 Å². The molecule has 1 N–H and O–H groups in total. The van der Waals surface area contributed by atoms with Gasteiger partial charge in [-0.2, -0.15) is 0 Å². The van der Waals surface area contributed by atoms with Crippen LogP contribution in [0.3, 0.4) is 0 Å². The summed E-state index contributed by atoms with van der Waals surface area (Å²) in [6.07, 6.45) is 6.91. The Morgan fingerprint density at radius 2 is 2.05 bits per heavy atom. The molecule has 0 unspecified atom stereocenters. The van der Waals surface area contributed by atoms with Crippen LogP contribution in [0.1, 0.15) is 44.2 Å². The lowest BCUT2D eigenvalue weighted by molar-refractivity contribution is -0.116. The fourth-order valence-electron chi connectivity index (χ4n) is 3.21. The van der Waals surface area contributed by atoms with Crippen molar-refractivity contribution < 1.29 is 4.79 Å². The van der Waals surface area contributed by atoms with Crippen LogP contribution in [0.4, 0.5) is 5.69 Å². The van der Waals surface area contributed by atoms with Gasteiger partial charge in [0.2, 0.25) is 5.91 Å². The number of benzene rings is 1. The van der Waals surface area contributed by atoms with E-state index < -0.39 is 0 Å². The highest BCUT2D eigenvalue weighted by Gasteiger charge is 2.16. The molecule has 0 bridgehead atoms. The van der Waals surface area contributed by atoms with Gasteiger partial charge in [0, 0.05) is 17.5 Å². The zero-order valence-electron chi connectivity index (χ0n) is 12.6. The number of fused-ring (bicyclic) bond motifs is 1. The third kappa shape index (κ3) is 3.41.